The molecule has 8 nitrogen and oxygen atoms in total. The molecule has 142 valence electrons. The van der Waals surface area contributed by atoms with Crippen molar-refractivity contribution in [2.75, 3.05) is 24.3 Å². The second-order valence-electron chi connectivity index (χ2n) is 5.90. The fraction of sp³-hybridized carbons (Fsp3) is 0.222. The van der Waals surface area contributed by atoms with Crippen molar-refractivity contribution >= 4 is 40.5 Å². The summed E-state index contributed by atoms with van der Waals surface area (Å²) in [6.45, 7) is 1.41. The number of hydrogen-bond acceptors (Lipinski definition) is 6. The molecule has 2 aromatic rings. The first-order valence-electron chi connectivity index (χ1n) is 7.92. The number of nitro benzene ring substituents is 1. The van der Waals surface area contributed by atoms with Crippen LogP contribution in [0.2, 0.25) is 5.02 Å². The van der Waals surface area contributed by atoms with E-state index in [1.165, 1.54) is 19.1 Å². The van der Waals surface area contributed by atoms with E-state index in [0.717, 1.165) is 6.07 Å². The molecular weight excluding hydrogens is 374 g/mol. The highest BCUT2D eigenvalue weighted by Crippen LogP contribution is 2.25. The van der Waals surface area contributed by atoms with Gasteiger partial charge >= 0.3 is 5.97 Å². The lowest BCUT2D eigenvalue weighted by molar-refractivity contribution is -0.384. The van der Waals surface area contributed by atoms with Crippen LogP contribution in [-0.4, -0.2) is 37.0 Å². The first-order chi connectivity index (χ1) is 12.7. The molecule has 0 fully saturated rings. The predicted octanol–water partition coefficient (Wildman–Crippen LogP) is 3.50. The largest absolute Gasteiger partial charge is 0.449 e. The van der Waals surface area contributed by atoms with Gasteiger partial charge in [-0.15, -0.1) is 0 Å². The van der Waals surface area contributed by atoms with Gasteiger partial charge in [0.2, 0.25) is 0 Å². The number of anilines is 2. The fourth-order valence-corrected chi connectivity index (χ4v) is 2.37. The molecule has 0 saturated carbocycles. The maximum absolute atomic E-state index is 12.5. The van der Waals surface area contributed by atoms with Crippen LogP contribution in [0.15, 0.2) is 42.5 Å². The van der Waals surface area contributed by atoms with E-state index in [-0.39, 0.29) is 11.3 Å². The number of amides is 1. The summed E-state index contributed by atoms with van der Waals surface area (Å²) in [7, 11) is 3.38. The van der Waals surface area contributed by atoms with Crippen molar-refractivity contribution in [2.45, 2.75) is 13.0 Å². The van der Waals surface area contributed by atoms with Gasteiger partial charge in [0.25, 0.3) is 11.6 Å². The van der Waals surface area contributed by atoms with E-state index in [1.807, 2.05) is 0 Å². The second kappa shape index (κ2) is 8.50. The van der Waals surface area contributed by atoms with Gasteiger partial charge in [0.05, 0.1) is 16.2 Å². The monoisotopic (exact) mass is 391 g/mol. The number of nitrogens with zero attached hydrogens (tertiary/aromatic N) is 2. The lowest BCUT2D eigenvalue weighted by Crippen LogP contribution is -2.30. The molecule has 0 bridgehead atoms. The minimum absolute atomic E-state index is 0.000318. The Morgan fingerprint density at radius 3 is 2.37 bits per heavy atom. The summed E-state index contributed by atoms with van der Waals surface area (Å²) in [5.41, 5.74) is 0.693. The summed E-state index contributed by atoms with van der Waals surface area (Å²) in [6, 6.07) is 10.3. The highest BCUT2D eigenvalue weighted by Gasteiger charge is 2.24. The van der Waals surface area contributed by atoms with Gasteiger partial charge in [-0.2, -0.15) is 0 Å². The minimum Gasteiger partial charge on any atom is -0.449 e. The fourth-order valence-electron chi connectivity index (χ4n) is 2.25. The summed E-state index contributed by atoms with van der Waals surface area (Å²) in [4.78, 5) is 36.7. The zero-order chi connectivity index (χ0) is 20.1. The van der Waals surface area contributed by atoms with Crippen molar-refractivity contribution in [1.29, 1.82) is 0 Å². The molecule has 2 rings (SSSR count). The Bertz CT molecular complexity index is 868. The molecule has 0 aromatic heterocycles. The summed E-state index contributed by atoms with van der Waals surface area (Å²) >= 11 is 5.79. The van der Waals surface area contributed by atoms with E-state index in [2.05, 4.69) is 5.32 Å². The van der Waals surface area contributed by atoms with Gasteiger partial charge in [-0.25, -0.2) is 4.79 Å². The van der Waals surface area contributed by atoms with Gasteiger partial charge in [-0.1, -0.05) is 11.6 Å². The molecule has 0 unspecified atom stereocenters. The molecule has 0 aliphatic carbocycles. The van der Waals surface area contributed by atoms with E-state index in [0.29, 0.717) is 16.4 Å². The molecular formula is C18H18ClN3O5. The van der Waals surface area contributed by atoms with Gasteiger partial charge in [-0.3, -0.25) is 14.9 Å². The van der Waals surface area contributed by atoms with E-state index >= 15 is 0 Å². The minimum atomic E-state index is -1.11. The van der Waals surface area contributed by atoms with Gasteiger partial charge in [0.15, 0.2) is 6.10 Å². The topological polar surface area (TPSA) is 102 Å². The molecule has 27 heavy (non-hydrogen) atoms. The Labute approximate surface area is 160 Å². The van der Waals surface area contributed by atoms with E-state index in [4.69, 9.17) is 16.3 Å². The number of carbonyl (C=O) groups is 2. The first kappa shape index (κ1) is 20.2. The molecule has 0 aliphatic heterocycles. The van der Waals surface area contributed by atoms with Crippen LogP contribution in [0.5, 0.6) is 0 Å². The predicted molar refractivity (Wildman–Crippen MR) is 102 cm³/mol. The number of carbonyl (C=O) groups excluding carboxylic acids is 2. The molecule has 0 heterocycles. The number of ether oxygens (including phenoxy) is 1. The number of non-ortho nitro benzene ring substituents is 1. The van der Waals surface area contributed by atoms with Crippen molar-refractivity contribution in [1.82, 2.24) is 0 Å². The number of halogens is 1. The molecule has 0 aliphatic rings. The Balaban J connectivity index is 2.15. The maximum atomic E-state index is 12.5. The molecule has 1 amide bonds. The number of nitro groups is 1. The lowest BCUT2D eigenvalue weighted by atomic mass is 10.1. The normalized spacial score (nSPS) is 11.4. The average molecular weight is 392 g/mol. The zero-order valence-electron chi connectivity index (χ0n) is 14.9. The van der Waals surface area contributed by atoms with Gasteiger partial charge in [0, 0.05) is 36.9 Å². The molecule has 1 atom stereocenters. The molecule has 0 saturated heterocycles. The molecule has 9 heteroatoms. The van der Waals surface area contributed by atoms with Gasteiger partial charge < -0.3 is 15.0 Å². The van der Waals surface area contributed by atoms with Crippen molar-refractivity contribution in [3.05, 3.63) is 63.2 Å². The molecule has 2 aromatic carbocycles. The maximum Gasteiger partial charge on any atom is 0.341 e. The van der Waals surface area contributed by atoms with Crippen LogP contribution in [0.25, 0.3) is 0 Å². The summed E-state index contributed by atoms with van der Waals surface area (Å²) in [5, 5.41) is 14.1. The Morgan fingerprint density at radius 1 is 1.19 bits per heavy atom. The summed E-state index contributed by atoms with van der Waals surface area (Å²) in [5.74, 6) is -1.37. The van der Waals surface area contributed by atoms with Crippen LogP contribution >= 0.6 is 11.6 Å². The smallest absolute Gasteiger partial charge is 0.341 e. The van der Waals surface area contributed by atoms with Crippen molar-refractivity contribution in [2.24, 2.45) is 0 Å². The lowest BCUT2D eigenvalue weighted by Gasteiger charge is -2.18. The van der Waals surface area contributed by atoms with Crippen LogP contribution in [0.4, 0.5) is 17.1 Å². The Kier molecular flexibility index (Phi) is 6.36. The first-order valence-corrected chi connectivity index (χ1v) is 8.30. The SMILES string of the molecule is C[C@@H](OC(=O)c1cc([N+](=O)[O-])ccc1N(C)C)C(=O)Nc1ccc(Cl)cc1. The Morgan fingerprint density at radius 2 is 1.81 bits per heavy atom. The summed E-state index contributed by atoms with van der Waals surface area (Å²) < 4.78 is 5.19. The highest BCUT2D eigenvalue weighted by molar-refractivity contribution is 6.30. The van der Waals surface area contributed by atoms with Crippen LogP contribution in [0.3, 0.4) is 0 Å². The average Bonchev–Trinajstić information content (AvgIpc) is 2.62. The third kappa shape index (κ3) is 5.18. The van der Waals surface area contributed by atoms with Crippen LogP contribution in [-0.2, 0) is 9.53 Å². The standard InChI is InChI=1S/C18H18ClN3O5/c1-11(17(23)20-13-6-4-12(19)5-7-13)27-18(24)15-10-14(22(25)26)8-9-16(15)21(2)3/h4-11H,1-3H3,(H,20,23)/t11-/m1/s1. The Hall–Kier alpha value is -3.13. The van der Waals surface area contributed by atoms with Crippen molar-refractivity contribution < 1.29 is 19.2 Å². The number of esters is 1. The molecule has 0 radical (unpaired) electrons. The van der Waals surface area contributed by atoms with E-state index in [1.54, 1.807) is 43.3 Å². The van der Waals surface area contributed by atoms with E-state index < -0.39 is 22.9 Å². The van der Waals surface area contributed by atoms with Crippen molar-refractivity contribution in [3.8, 4) is 0 Å². The molecule has 1 N–H and O–H groups in total. The van der Waals surface area contributed by atoms with Crippen LogP contribution in [0, 0.1) is 10.1 Å². The second-order valence-corrected chi connectivity index (χ2v) is 6.33. The zero-order valence-corrected chi connectivity index (χ0v) is 15.7. The van der Waals surface area contributed by atoms with Crippen molar-refractivity contribution in [3.63, 3.8) is 0 Å². The quantitative estimate of drug-likeness (QED) is 0.459. The third-order valence-electron chi connectivity index (χ3n) is 3.66. The van der Waals surface area contributed by atoms with E-state index in [9.17, 15) is 19.7 Å². The van der Waals surface area contributed by atoms with Gasteiger partial charge in [-0.05, 0) is 37.3 Å². The van der Waals surface area contributed by atoms with Crippen LogP contribution in [0.1, 0.15) is 17.3 Å². The van der Waals surface area contributed by atoms with Gasteiger partial charge in [0.1, 0.15) is 0 Å². The summed E-state index contributed by atoms with van der Waals surface area (Å²) in [6.07, 6.45) is -1.11. The van der Waals surface area contributed by atoms with Crippen LogP contribution < -0.4 is 10.2 Å². The number of hydrogen-bond donors (Lipinski definition) is 1. The molecule has 0 spiro atoms. The highest BCUT2D eigenvalue weighted by atomic mass is 35.5. The number of nitrogens with one attached hydrogen (secondary N) is 1. The number of benzene rings is 2. The third-order valence-corrected chi connectivity index (χ3v) is 3.91. The number of rotatable bonds is 6.